The zero-order chi connectivity index (χ0) is 13.2. The molecule has 1 rings (SSSR count). The molecule has 1 aromatic rings. The Morgan fingerprint density at radius 3 is 2.61 bits per heavy atom. The highest BCUT2D eigenvalue weighted by Crippen LogP contribution is 2.20. The largest absolute Gasteiger partial charge is 0.492 e. The van der Waals surface area contributed by atoms with Gasteiger partial charge in [0.15, 0.2) is 0 Å². The average Bonchev–Trinajstić information content (AvgIpc) is 2.38. The second kappa shape index (κ2) is 8.52. The Labute approximate surface area is 108 Å². The Morgan fingerprint density at radius 1 is 1.17 bits per heavy atom. The third-order valence-corrected chi connectivity index (χ3v) is 2.84. The summed E-state index contributed by atoms with van der Waals surface area (Å²) in [6.07, 6.45) is 7.07. The number of nitrogens with zero attached hydrogens (tertiary/aromatic N) is 1. The molecule has 0 saturated carbocycles. The topological polar surface area (TPSA) is 33.0 Å². The number of hydrogen-bond donors (Lipinski definition) is 0. The molecule has 0 atom stereocenters. The minimum absolute atomic E-state index is 0.00322. The van der Waals surface area contributed by atoms with Crippen molar-refractivity contribution < 1.29 is 9.13 Å². The van der Waals surface area contributed by atoms with Gasteiger partial charge in [-0.05, 0) is 18.6 Å². The first kappa shape index (κ1) is 14.5. The molecule has 0 aliphatic rings. The van der Waals surface area contributed by atoms with E-state index in [0.29, 0.717) is 12.4 Å². The molecule has 0 saturated heterocycles. The van der Waals surface area contributed by atoms with E-state index in [1.807, 2.05) is 6.07 Å². The summed E-state index contributed by atoms with van der Waals surface area (Å²) in [6.45, 7) is 2.74. The van der Waals surface area contributed by atoms with Gasteiger partial charge in [-0.15, -0.1) is 0 Å². The Kier molecular flexibility index (Phi) is 6.86. The lowest BCUT2D eigenvalue weighted by atomic mass is 10.1. The van der Waals surface area contributed by atoms with Crippen LogP contribution in [0.1, 0.15) is 51.0 Å². The molecule has 3 heteroatoms. The standard InChI is InChI=1S/C15H20FNO/c1-2-3-4-5-6-7-11-18-15-10-8-9-14(16)13(15)12-17/h8-10H,2-7,11H2,1H3. The molecule has 0 heterocycles. The van der Waals surface area contributed by atoms with Gasteiger partial charge in [-0.3, -0.25) is 0 Å². The molecule has 0 aliphatic carbocycles. The van der Waals surface area contributed by atoms with Gasteiger partial charge in [0, 0.05) is 0 Å². The highest BCUT2D eigenvalue weighted by Gasteiger charge is 2.08. The molecule has 0 spiro atoms. The fourth-order valence-corrected chi connectivity index (χ4v) is 1.80. The van der Waals surface area contributed by atoms with E-state index in [1.54, 1.807) is 12.1 Å². The molecule has 2 nitrogen and oxygen atoms in total. The maximum absolute atomic E-state index is 13.3. The molecule has 0 bridgehead atoms. The lowest BCUT2D eigenvalue weighted by molar-refractivity contribution is 0.302. The average molecular weight is 249 g/mol. The number of rotatable bonds is 8. The number of halogens is 1. The number of nitriles is 1. The molecule has 18 heavy (non-hydrogen) atoms. The van der Waals surface area contributed by atoms with Crippen molar-refractivity contribution in [3.8, 4) is 11.8 Å². The number of hydrogen-bond acceptors (Lipinski definition) is 2. The predicted octanol–water partition coefficient (Wildman–Crippen LogP) is 4.44. The van der Waals surface area contributed by atoms with E-state index in [1.165, 1.54) is 31.7 Å². The fraction of sp³-hybridized carbons (Fsp3) is 0.533. The van der Waals surface area contributed by atoms with Crippen LogP contribution in [0.4, 0.5) is 4.39 Å². The minimum Gasteiger partial charge on any atom is -0.492 e. The zero-order valence-corrected chi connectivity index (χ0v) is 10.9. The van der Waals surface area contributed by atoms with Crippen molar-refractivity contribution in [2.75, 3.05) is 6.61 Å². The van der Waals surface area contributed by atoms with Crippen LogP contribution < -0.4 is 4.74 Å². The number of unbranched alkanes of at least 4 members (excludes halogenated alkanes) is 5. The van der Waals surface area contributed by atoms with E-state index in [4.69, 9.17) is 10.00 Å². The SMILES string of the molecule is CCCCCCCCOc1cccc(F)c1C#N. The van der Waals surface area contributed by atoms with Crippen molar-refractivity contribution in [3.05, 3.63) is 29.6 Å². The van der Waals surface area contributed by atoms with E-state index >= 15 is 0 Å². The summed E-state index contributed by atoms with van der Waals surface area (Å²) in [5.74, 6) is -0.163. The molecule has 0 fully saturated rings. The van der Waals surface area contributed by atoms with Gasteiger partial charge in [0.05, 0.1) is 6.61 Å². The van der Waals surface area contributed by atoms with E-state index in [0.717, 1.165) is 12.8 Å². The molecule has 0 unspecified atom stereocenters. The fourth-order valence-electron chi connectivity index (χ4n) is 1.80. The molecule has 98 valence electrons. The van der Waals surface area contributed by atoms with Crippen LogP contribution in [-0.2, 0) is 0 Å². The van der Waals surface area contributed by atoms with Crippen LogP contribution in [0.5, 0.6) is 5.75 Å². The van der Waals surface area contributed by atoms with Crippen LogP contribution in [0.25, 0.3) is 0 Å². The van der Waals surface area contributed by atoms with Crippen LogP contribution >= 0.6 is 0 Å². The second-order valence-electron chi connectivity index (χ2n) is 4.34. The summed E-state index contributed by atoms with van der Waals surface area (Å²) in [7, 11) is 0. The van der Waals surface area contributed by atoms with Gasteiger partial charge in [-0.1, -0.05) is 45.1 Å². The van der Waals surface area contributed by atoms with Crippen molar-refractivity contribution >= 4 is 0 Å². The third kappa shape index (κ3) is 4.75. The van der Waals surface area contributed by atoms with Crippen molar-refractivity contribution in [1.82, 2.24) is 0 Å². The van der Waals surface area contributed by atoms with Crippen LogP contribution in [-0.4, -0.2) is 6.61 Å². The van der Waals surface area contributed by atoms with Gasteiger partial charge in [0.25, 0.3) is 0 Å². The molecule has 0 aliphatic heterocycles. The van der Waals surface area contributed by atoms with Crippen molar-refractivity contribution in [2.45, 2.75) is 45.4 Å². The van der Waals surface area contributed by atoms with E-state index in [2.05, 4.69) is 6.92 Å². The summed E-state index contributed by atoms with van der Waals surface area (Å²) in [5, 5.41) is 8.83. The third-order valence-electron chi connectivity index (χ3n) is 2.84. The highest BCUT2D eigenvalue weighted by atomic mass is 19.1. The minimum atomic E-state index is -0.516. The molecule has 0 radical (unpaired) electrons. The summed E-state index contributed by atoms with van der Waals surface area (Å²) in [5.41, 5.74) is 0.00322. The van der Waals surface area contributed by atoms with Gasteiger partial charge >= 0.3 is 0 Å². The lowest BCUT2D eigenvalue weighted by Crippen LogP contribution is -2.00. The zero-order valence-electron chi connectivity index (χ0n) is 10.9. The van der Waals surface area contributed by atoms with Crippen molar-refractivity contribution in [3.63, 3.8) is 0 Å². The van der Waals surface area contributed by atoms with Gasteiger partial charge < -0.3 is 4.74 Å². The number of benzene rings is 1. The normalized spacial score (nSPS) is 10.1. The van der Waals surface area contributed by atoms with Crippen molar-refractivity contribution in [2.24, 2.45) is 0 Å². The summed E-state index contributed by atoms with van der Waals surface area (Å²) >= 11 is 0. The van der Waals surface area contributed by atoms with Crippen molar-refractivity contribution in [1.29, 1.82) is 5.26 Å². The smallest absolute Gasteiger partial charge is 0.144 e. The van der Waals surface area contributed by atoms with Gasteiger partial charge in [-0.25, -0.2) is 4.39 Å². The summed E-state index contributed by atoms with van der Waals surface area (Å²) < 4.78 is 18.7. The van der Waals surface area contributed by atoms with Gasteiger partial charge in [-0.2, -0.15) is 5.26 Å². The molecule has 0 N–H and O–H groups in total. The maximum atomic E-state index is 13.3. The molecular formula is C15H20FNO. The first-order chi connectivity index (χ1) is 8.79. The molecular weight excluding hydrogens is 229 g/mol. The lowest BCUT2D eigenvalue weighted by Gasteiger charge is -2.07. The predicted molar refractivity (Wildman–Crippen MR) is 70.0 cm³/mol. The molecule has 0 aromatic heterocycles. The maximum Gasteiger partial charge on any atom is 0.144 e. The van der Waals surface area contributed by atoms with Gasteiger partial charge in [0.1, 0.15) is 23.2 Å². The molecule has 1 aromatic carbocycles. The summed E-state index contributed by atoms with van der Waals surface area (Å²) in [4.78, 5) is 0. The van der Waals surface area contributed by atoms with Crippen LogP contribution in [0.3, 0.4) is 0 Å². The number of ether oxygens (including phenoxy) is 1. The van der Waals surface area contributed by atoms with Crippen LogP contribution in [0.15, 0.2) is 18.2 Å². The second-order valence-corrected chi connectivity index (χ2v) is 4.34. The Bertz CT molecular complexity index is 398. The van der Waals surface area contributed by atoms with Crippen LogP contribution in [0.2, 0.25) is 0 Å². The Balaban J connectivity index is 2.28. The first-order valence-electron chi connectivity index (χ1n) is 6.61. The molecule has 0 amide bonds. The van der Waals surface area contributed by atoms with E-state index in [9.17, 15) is 4.39 Å². The van der Waals surface area contributed by atoms with E-state index < -0.39 is 5.82 Å². The highest BCUT2D eigenvalue weighted by molar-refractivity contribution is 5.43. The Hall–Kier alpha value is -1.56. The Morgan fingerprint density at radius 2 is 1.89 bits per heavy atom. The first-order valence-corrected chi connectivity index (χ1v) is 6.61. The summed E-state index contributed by atoms with van der Waals surface area (Å²) in [6, 6.07) is 6.31. The van der Waals surface area contributed by atoms with E-state index in [-0.39, 0.29) is 5.56 Å². The van der Waals surface area contributed by atoms with Crippen LogP contribution in [0, 0.1) is 17.1 Å². The monoisotopic (exact) mass is 249 g/mol. The van der Waals surface area contributed by atoms with Gasteiger partial charge in [0.2, 0.25) is 0 Å². The quantitative estimate of drug-likeness (QED) is 0.638.